The molecule has 1 aliphatic heterocycles. The summed E-state index contributed by atoms with van der Waals surface area (Å²) in [5.41, 5.74) is 2.84. The summed E-state index contributed by atoms with van der Waals surface area (Å²) in [5, 5.41) is 4.39. The van der Waals surface area contributed by atoms with Crippen LogP contribution in [0.1, 0.15) is 62.9 Å². The number of nitrogens with zero attached hydrogens (tertiary/aromatic N) is 3. The van der Waals surface area contributed by atoms with Crippen LogP contribution in [-0.4, -0.2) is 55.5 Å². The normalized spacial score (nSPS) is 18.9. The minimum atomic E-state index is -0.835. The van der Waals surface area contributed by atoms with E-state index in [1.807, 2.05) is 80.5 Å². The van der Waals surface area contributed by atoms with Crippen molar-refractivity contribution in [2.45, 2.75) is 51.6 Å². The van der Waals surface area contributed by atoms with Crippen LogP contribution < -0.4 is 10.1 Å². The van der Waals surface area contributed by atoms with Gasteiger partial charge in [0.05, 0.1) is 18.2 Å². The lowest BCUT2D eigenvalue weighted by molar-refractivity contribution is 0.195. The summed E-state index contributed by atoms with van der Waals surface area (Å²) in [5.74, 6) is 1.24. The summed E-state index contributed by atoms with van der Waals surface area (Å²) in [7, 11) is 3.96. The van der Waals surface area contributed by atoms with Crippen molar-refractivity contribution in [2.24, 2.45) is 4.99 Å². The van der Waals surface area contributed by atoms with Crippen LogP contribution in [0.4, 0.5) is 4.79 Å². The van der Waals surface area contributed by atoms with Crippen LogP contribution in [0.3, 0.4) is 0 Å². The average Bonchev–Trinajstić information content (AvgIpc) is 3.23. The number of nitrogens with one attached hydrogen (secondary N) is 1. The number of hydrogen-bond acceptors (Lipinski definition) is 4. The number of carbonyl (C=O) groups is 1. The fourth-order valence-corrected chi connectivity index (χ4v) is 5.41. The molecule has 1 aliphatic rings. The first kappa shape index (κ1) is 30.9. The van der Waals surface area contributed by atoms with Crippen LogP contribution >= 0.6 is 23.2 Å². The van der Waals surface area contributed by atoms with Gasteiger partial charge in [0.15, 0.2) is 0 Å². The molecule has 0 saturated heterocycles. The molecule has 1 N–H and O–H groups in total. The number of benzene rings is 3. The molecule has 6 nitrogen and oxygen atoms in total. The molecule has 0 radical (unpaired) electrons. The van der Waals surface area contributed by atoms with Gasteiger partial charge in [0.25, 0.3) is 0 Å². The standard InChI is InChI=1S/C33H40Cl2N4O2/c1-8-41-28-21-24(32(2,3)4)13-18-27(28)30-37-33(5,23-11-16-26(35)17-12-23)29(22-9-14-25(34)15-10-22)39(30)31(40)36-19-20-38(6)7/h9-18,21,29H,8,19-20H2,1-7H3,(H,36,40)/t29-,33-/m0/s1. The van der Waals surface area contributed by atoms with Gasteiger partial charge >= 0.3 is 6.03 Å². The van der Waals surface area contributed by atoms with Crippen molar-refractivity contribution in [3.8, 4) is 5.75 Å². The van der Waals surface area contributed by atoms with E-state index in [1.54, 1.807) is 4.90 Å². The fourth-order valence-electron chi connectivity index (χ4n) is 5.16. The summed E-state index contributed by atoms with van der Waals surface area (Å²) in [4.78, 5) is 23.3. The molecule has 8 heteroatoms. The lowest BCUT2D eigenvalue weighted by Crippen LogP contribution is -2.47. The molecule has 0 aromatic heterocycles. The van der Waals surface area contributed by atoms with Gasteiger partial charge < -0.3 is 15.0 Å². The lowest BCUT2D eigenvalue weighted by Gasteiger charge is -2.35. The Kier molecular flexibility index (Phi) is 9.37. The van der Waals surface area contributed by atoms with Gasteiger partial charge in [-0.1, -0.05) is 74.3 Å². The van der Waals surface area contributed by atoms with Crippen LogP contribution in [0.2, 0.25) is 10.0 Å². The number of rotatable bonds is 8. The maximum absolute atomic E-state index is 14.2. The predicted molar refractivity (Wildman–Crippen MR) is 170 cm³/mol. The Balaban J connectivity index is 1.95. The Morgan fingerprint density at radius 2 is 1.63 bits per heavy atom. The highest BCUT2D eigenvalue weighted by molar-refractivity contribution is 6.30. The molecule has 1 heterocycles. The van der Waals surface area contributed by atoms with Crippen molar-refractivity contribution < 1.29 is 9.53 Å². The van der Waals surface area contributed by atoms with E-state index in [4.69, 9.17) is 32.9 Å². The van der Waals surface area contributed by atoms with E-state index in [1.165, 1.54) is 0 Å². The topological polar surface area (TPSA) is 57.2 Å². The number of halogens is 2. The average molecular weight is 596 g/mol. The van der Waals surface area contributed by atoms with E-state index < -0.39 is 11.6 Å². The van der Waals surface area contributed by atoms with Crippen molar-refractivity contribution in [1.82, 2.24) is 15.1 Å². The number of urea groups is 1. The van der Waals surface area contributed by atoms with Crippen molar-refractivity contribution in [2.75, 3.05) is 33.8 Å². The van der Waals surface area contributed by atoms with Crippen molar-refractivity contribution >= 4 is 35.1 Å². The summed E-state index contributed by atoms with van der Waals surface area (Å²) in [6.45, 7) is 12.2. The smallest absolute Gasteiger partial charge is 0.323 e. The van der Waals surface area contributed by atoms with E-state index in [0.29, 0.717) is 41.3 Å². The van der Waals surface area contributed by atoms with Gasteiger partial charge in [0.2, 0.25) is 0 Å². The Hall–Kier alpha value is -3.06. The maximum atomic E-state index is 14.2. The van der Waals surface area contributed by atoms with Gasteiger partial charge in [-0.05, 0) is 86.4 Å². The first-order valence-electron chi connectivity index (χ1n) is 14.0. The molecule has 0 bridgehead atoms. The third-order valence-electron chi connectivity index (χ3n) is 7.41. The van der Waals surface area contributed by atoms with Gasteiger partial charge in [0, 0.05) is 23.1 Å². The van der Waals surface area contributed by atoms with Gasteiger partial charge in [0.1, 0.15) is 17.1 Å². The highest BCUT2D eigenvalue weighted by atomic mass is 35.5. The van der Waals surface area contributed by atoms with Crippen LogP contribution in [-0.2, 0) is 11.0 Å². The van der Waals surface area contributed by atoms with Crippen LogP contribution in [0.5, 0.6) is 5.75 Å². The van der Waals surface area contributed by atoms with Crippen molar-refractivity contribution in [3.05, 3.63) is 99.0 Å². The van der Waals surface area contributed by atoms with Crippen molar-refractivity contribution in [1.29, 1.82) is 0 Å². The lowest BCUT2D eigenvalue weighted by atomic mass is 9.81. The number of hydrogen-bond donors (Lipinski definition) is 1. The van der Waals surface area contributed by atoms with E-state index >= 15 is 0 Å². The van der Waals surface area contributed by atoms with Crippen LogP contribution in [0, 0.1) is 0 Å². The summed E-state index contributed by atoms with van der Waals surface area (Å²) in [6, 6.07) is 20.8. The second-order valence-corrected chi connectivity index (χ2v) is 12.7. The minimum absolute atomic E-state index is 0.0746. The van der Waals surface area contributed by atoms with Crippen molar-refractivity contribution in [3.63, 3.8) is 0 Å². The molecule has 4 rings (SSSR count). The minimum Gasteiger partial charge on any atom is -0.493 e. The first-order valence-corrected chi connectivity index (χ1v) is 14.7. The number of amides is 2. The molecule has 3 aromatic carbocycles. The second kappa shape index (κ2) is 12.4. The Morgan fingerprint density at radius 1 is 1.02 bits per heavy atom. The van der Waals surface area contributed by atoms with Gasteiger partial charge in [-0.15, -0.1) is 0 Å². The highest BCUT2D eigenvalue weighted by Crippen LogP contribution is 2.49. The first-order chi connectivity index (χ1) is 19.3. The molecular formula is C33H40Cl2N4O2. The molecule has 0 saturated carbocycles. The molecule has 218 valence electrons. The number of ether oxygens (including phenoxy) is 1. The predicted octanol–water partition coefficient (Wildman–Crippen LogP) is 7.68. The maximum Gasteiger partial charge on any atom is 0.323 e. The summed E-state index contributed by atoms with van der Waals surface area (Å²) in [6.07, 6.45) is 0. The molecule has 41 heavy (non-hydrogen) atoms. The number of amidine groups is 1. The number of carbonyl (C=O) groups excluding carboxylic acids is 1. The number of likely N-dealkylation sites (N-methyl/N-ethyl adjacent to an activating group) is 1. The Morgan fingerprint density at radius 3 is 2.20 bits per heavy atom. The zero-order chi connectivity index (χ0) is 29.9. The van der Waals surface area contributed by atoms with Crippen LogP contribution in [0.25, 0.3) is 0 Å². The zero-order valence-corrected chi connectivity index (χ0v) is 26.5. The Labute approximate surface area is 254 Å². The molecular weight excluding hydrogens is 555 g/mol. The molecule has 2 amide bonds. The van der Waals surface area contributed by atoms with E-state index in [0.717, 1.165) is 22.3 Å². The highest BCUT2D eigenvalue weighted by Gasteiger charge is 2.50. The Bertz CT molecular complexity index is 1400. The SMILES string of the molecule is CCOc1cc(C(C)(C)C)ccc1C1=N[C@@](C)(c2ccc(Cl)cc2)[C@H](c2ccc(Cl)cc2)N1C(=O)NCCN(C)C. The monoisotopic (exact) mass is 594 g/mol. The quantitative estimate of drug-likeness (QED) is 0.291. The third-order valence-corrected chi connectivity index (χ3v) is 7.92. The molecule has 0 spiro atoms. The molecule has 2 atom stereocenters. The molecule has 0 unspecified atom stereocenters. The number of aliphatic imine (C=N–C) groups is 1. The second-order valence-electron chi connectivity index (χ2n) is 11.8. The van der Waals surface area contributed by atoms with Gasteiger partial charge in [-0.25, -0.2) is 4.79 Å². The largest absolute Gasteiger partial charge is 0.493 e. The van der Waals surface area contributed by atoms with E-state index in [9.17, 15) is 4.79 Å². The molecule has 0 fully saturated rings. The zero-order valence-electron chi connectivity index (χ0n) is 25.0. The van der Waals surface area contributed by atoms with E-state index in [2.05, 4.69) is 45.1 Å². The third kappa shape index (κ3) is 6.72. The van der Waals surface area contributed by atoms with Gasteiger partial charge in [-0.3, -0.25) is 9.89 Å². The van der Waals surface area contributed by atoms with Crippen LogP contribution in [0.15, 0.2) is 71.7 Å². The van der Waals surface area contributed by atoms with E-state index in [-0.39, 0.29) is 11.4 Å². The molecule has 0 aliphatic carbocycles. The van der Waals surface area contributed by atoms with Gasteiger partial charge in [-0.2, -0.15) is 0 Å². The summed E-state index contributed by atoms with van der Waals surface area (Å²) < 4.78 is 6.19. The summed E-state index contributed by atoms with van der Waals surface area (Å²) >= 11 is 12.6. The molecule has 3 aromatic rings. The fraction of sp³-hybridized carbons (Fsp3) is 0.394.